The smallest absolute Gasteiger partial charge is 0.0208 e. The van der Waals surface area contributed by atoms with Gasteiger partial charge < -0.3 is 5.32 Å². The van der Waals surface area contributed by atoms with Gasteiger partial charge in [-0.2, -0.15) is 0 Å². The zero-order chi connectivity index (χ0) is 11.4. The van der Waals surface area contributed by atoms with Crippen LogP contribution in [0.4, 0.5) is 0 Å². The zero-order valence-corrected chi connectivity index (χ0v) is 12.0. The van der Waals surface area contributed by atoms with Gasteiger partial charge in [-0.15, -0.1) is 0 Å². The van der Waals surface area contributed by atoms with Gasteiger partial charge in [0.15, 0.2) is 0 Å². The molecule has 1 aliphatic carbocycles. The van der Waals surface area contributed by atoms with E-state index in [9.17, 15) is 0 Å². The molecule has 1 aromatic carbocycles. The normalized spacial score (nSPS) is 18.9. The summed E-state index contributed by atoms with van der Waals surface area (Å²) in [4.78, 5) is 0. The van der Waals surface area contributed by atoms with Gasteiger partial charge in [-0.25, -0.2) is 0 Å². The second-order valence-electron chi connectivity index (χ2n) is 4.84. The first kappa shape index (κ1) is 12.4. The Morgan fingerprint density at radius 1 is 1.25 bits per heavy atom. The molecule has 1 saturated carbocycles. The molecule has 1 atom stereocenters. The van der Waals surface area contributed by atoms with E-state index in [1.807, 2.05) is 0 Å². The van der Waals surface area contributed by atoms with E-state index in [1.165, 1.54) is 34.8 Å². The summed E-state index contributed by atoms with van der Waals surface area (Å²) in [5.41, 5.74) is 1.39. The summed E-state index contributed by atoms with van der Waals surface area (Å²) in [6.07, 6.45) is 5.70. The molecule has 88 valence electrons. The third kappa shape index (κ3) is 3.45. The predicted octanol–water partition coefficient (Wildman–Crippen LogP) is 3.96. The molecule has 0 amide bonds. The van der Waals surface area contributed by atoms with Crippen LogP contribution in [0.25, 0.3) is 0 Å². The van der Waals surface area contributed by atoms with Crippen molar-refractivity contribution in [3.63, 3.8) is 0 Å². The molecule has 1 fully saturated rings. The Morgan fingerprint density at radius 2 is 1.88 bits per heavy atom. The number of hydrogen-bond acceptors (Lipinski definition) is 1. The van der Waals surface area contributed by atoms with Crippen molar-refractivity contribution in [1.82, 2.24) is 5.32 Å². The molecule has 1 nitrogen and oxygen atoms in total. The lowest BCUT2D eigenvalue weighted by Crippen LogP contribution is -2.31. The number of rotatable bonds is 4. The molecule has 0 heterocycles. The molecule has 1 aliphatic rings. The Balaban J connectivity index is 1.80. The topological polar surface area (TPSA) is 12.0 Å². The van der Waals surface area contributed by atoms with E-state index in [2.05, 4.69) is 59.1 Å². The maximum Gasteiger partial charge on any atom is 0.0208 e. The van der Waals surface area contributed by atoms with Crippen molar-refractivity contribution in [3.8, 4) is 0 Å². The van der Waals surface area contributed by atoms with Crippen LogP contribution in [0.1, 0.15) is 38.2 Å². The SMILES string of the molecule is CC(NCc1ccc(I)cc1)C1CCCC1. The number of nitrogens with one attached hydrogen (secondary N) is 1. The Morgan fingerprint density at radius 3 is 2.50 bits per heavy atom. The van der Waals surface area contributed by atoms with E-state index in [0.29, 0.717) is 6.04 Å². The van der Waals surface area contributed by atoms with Gasteiger partial charge in [0.1, 0.15) is 0 Å². The minimum atomic E-state index is 0.668. The summed E-state index contributed by atoms with van der Waals surface area (Å²) in [6.45, 7) is 3.34. The lowest BCUT2D eigenvalue weighted by Gasteiger charge is -2.20. The van der Waals surface area contributed by atoms with Crippen molar-refractivity contribution < 1.29 is 0 Å². The number of halogens is 1. The van der Waals surface area contributed by atoms with Gasteiger partial charge in [-0.1, -0.05) is 25.0 Å². The average Bonchev–Trinajstić information content (AvgIpc) is 2.81. The molecule has 0 radical (unpaired) electrons. The lowest BCUT2D eigenvalue weighted by molar-refractivity contribution is 0.380. The van der Waals surface area contributed by atoms with E-state index in [4.69, 9.17) is 0 Å². The molecule has 2 heteroatoms. The van der Waals surface area contributed by atoms with Crippen LogP contribution >= 0.6 is 22.6 Å². The summed E-state index contributed by atoms with van der Waals surface area (Å²) >= 11 is 2.35. The maximum atomic E-state index is 3.66. The number of benzene rings is 1. The first-order chi connectivity index (χ1) is 7.75. The van der Waals surface area contributed by atoms with Crippen molar-refractivity contribution in [3.05, 3.63) is 33.4 Å². The maximum absolute atomic E-state index is 3.66. The van der Waals surface area contributed by atoms with Crippen LogP contribution in [-0.4, -0.2) is 6.04 Å². The van der Waals surface area contributed by atoms with Gasteiger partial charge in [0.05, 0.1) is 0 Å². The van der Waals surface area contributed by atoms with E-state index in [1.54, 1.807) is 0 Å². The van der Waals surface area contributed by atoms with Crippen molar-refractivity contribution in [2.45, 2.75) is 45.2 Å². The van der Waals surface area contributed by atoms with Crippen molar-refractivity contribution >= 4 is 22.6 Å². The minimum Gasteiger partial charge on any atom is -0.310 e. The summed E-state index contributed by atoms with van der Waals surface area (Å²) in [6, 6.07) is 9.46. The van der Waals surface area contributed by atoms with Gasteiger partial charge in [0.25, 0.3) is 0 Å². The van der Waals surface area contributed by atoms with Crippen LogP contribution in [0.5, 0.6) is 0 Å². The highest BCUT2D eigenvalue weighted by Crippen LogP contribution is 2.27. The van der Waals surface area contributed by atoms with Gasteiger partial charge in [0.2, 0.25) is 0 Å². The monoisotopic (exact) mass is 329 g/mol. The van der Waals surface area contributed by atoms with Crippen molar-refractivity contribution in [2.75, 3.05) is 0 Å². The molecule has 0 aliphatic heterocycles. The molecular weight excluding hydrogens is 309 g/mol. The van der Waals surface area contributed by atoms with Gasteiger partial charge in [0, 0.05) is 16.2 Å². The molecule has 0 bridgehead atoms. The third-order valence-electron chi connectivity index (χ3n) is 3.65. The molecule has 16 heavy (non-hydrogen) atoms. The highest BCUT2D eigenvalue weighted by atomic mass is 127. The Labute approximate surface area is 112 Å². The summed E-state index contributed by atoms with van der Waals surface area (Å²) in [5, 5.41) is 3.66. The lowest BCUT2D eigenvalue weighted by atomic mass is 9.99. The summed E-state index contributed by atoms with van der Waals surface area (Å²) in [5.74, 6) is 0.906. The first-order valence-corrected chi connectivity index (χ1v) is 7.31. The van der Waals surface area contributed by atoms with Crippen molar-refractivity contribution in [2.24, 2.45) is 5.92 Å². The Kier molecular flexibility index (Phi) is 4.65. The van der Waals surface area contributed by atoms with Crippen molar-refractivity contribution in [1.29, 1.82) is 0 Å². The van der Waals surface area contributed by atoms with Crippen LogP contribution in [0, 0.1) is 9.49 Å². The molecule has 1 aromatic rings. The van der Waals surface area contributed by atoms with E-state index >= 15 is 0 Å². The molecule has 1 unspecified atom stereocenters. The highest BCUT2D eigenvalue weighted by Gasteiger charge is 2.20. The second kappa shape index (κ2) is 6.01. The molecule has 2 rings (SSSR count). The van der Waals surface area contributed by atoms with Crippen LogP contribution in [0.3, 0.4) is 0 Å². The van der Waals surface area contributed by atoms with Crippen LogP contribution in [0.15, 0.2) is 24.3 Å². The van der Waals surface area contributed by atoms with E-state index < -0.39 is 0 Å². The molecule has 1 N–H and O–H groups in total. The minimum absolute atomic E-state index is 0.668. The molecular formula is C14H20IN. The summed E-state index contributed by atoms with van der Waals surface area (Å²) in [7, 11) is 0. The van der Waals surface area contributed by atoms with Crippen LogP contribution < -0.4 is 5.32 Å². The Bertz CT molecular complexity index is 314. The second-order valence-corrected chi connectivity index (χ2v) is 6.09. The number of hydrogen-bond donors (Lipinski definition) is 1. The van der Waals surface area contributed by atoms with Gasteiger partial charge in [-0.3, -0.25) is 0 Å². The summed E-state index contributed by atoms with van der Waals surface area (Å²) < 4.78 is 1.31. The fraction of sp³-hybridized carbons (Fsp3) is 0.571. The zero-order valence-electron chi connectivity index (χ0n) is 9.88. The van der Waals surface area contributed by atoms with E-state index in [-0.39, 0.29) is 0 Å². The molecule has 0 saturated heterocycles. The molecule has 0 aromatic heterocycles. The van der Waals surface area contributed by atoms with Gasteiger partial charge >= 0.3 is 0 Å². The quantitative estimate of drug-likeness (QED) is 0.825. The fourth-order valence-electron chi connectivity index (χ4n) is 2.51. The average molecular weight is 329 g/mol. The molecule has 0 spiro atoms. The van der Waals surface area contributed by atoms with Crippen LogP contribution in [0.2, 0.25) is 0 Å². The first-order valence-electron chi connectivity index (χ1n) is 6.23. The van der Waals surface area contributed by atoms with Gasteiger partial charge in [-0.05, 0) is 66.0 Å². The Hall–Kier alpha value is -0.0900. The third-order valence-corrected chi connectivity index (χ3v) is 4.37. The predicted molar refractivity (Wildman–Crippen MR) is 77.4 cm³/mol. The largest absolute Gasteiger partial charge is 0.310 e. The van der Waals surface area contributed by atoms with E-state index in [0.717, 1.165) is 12.5 Å². The highest BCUT2D eigenvalue weighted by molar-refractivity contribution is 14.1. The standard InChI is InChI=1S/C14H20IN/c1-11(13-4-2-3-5-13)16-10-12-6-8-14(15)9-7-12/h6-9,11,13,16H,2-5,10H2,1H3. The van der Waals surface area contributed by atoms with Crippen LogP contribution in [-0.2, 0) is 6.54 Å². The fourth-order valence-corrected chi connectivity index (χ4v) is 2.86.